The maximum atomic E-state index is 5.29. The first-order valence-electron chi connectivity index (χ1n) is 8.90. The van der Waals surface area contributed by atoms with E-state index in [9.17, 15) is 0 Å². The number of aryl methyl sites for hydroxylation is 2. The quantitative estimate of drug-likeness (QED) is 0.253. The van der Waals surface area contributed by atoms with Crippen LogP contribution in [-0.2, 0) is 11.2 Å². The van der Waals surface area contributed by atoms with E-state index in [-0.39, 0.29) is 24.0 Å². The summed E-state index contributed by atoms with van der Waals surface area (Å²) in [7, 11) is 3.59. The summed E-state index contributed by atoms with van der Waals surface area (Å²) in [5.74, 6) is 2.25. The highest BCUT2D eigenvalue weighted by Crippen LogP contribution is 2.40. The Bertz CT molecular complexity index is 515. The molecule has 0 bridgehead atoms. The summed E-state index contributed by atoms with van der Waals surface area (Å²) in [5.41, 5.74) is 0.356. The summed E-state index contributed by atoms with van der Waals surface area (Å²) in [4.78, 5) is 8.53. The van der Waals surface area contributed by atoms with Crippen molar-refractivity contribution in [3.8, 4) is 0 Å². The summed E-state index contributed by atoms with van der Waals surface area (Å²) >= 11 is 0. The van der Waals surface area contributed by atoms with Crippen LogP contribution in [0.3, 0.4) is 0 Å². The predicted molar refractivity (Wildman–Crippen MR) is 110 cm³/mol. The fourth-order valence-corrected chi connectivity index (χ4v) is 3.34. The van der Waals surface area contributed by atoms with Gasteiger partial charge < -0.3 is 19.9 Å². The number of rotatable bonds is 9. The molecule has 2 rings (SSSR count). The third-order valence-electron chi connectivity index (χ3n) is 4.78. The molecule has 1 aliphatic carbocycles. The van der Waals surface area contributed by atoms with Crippen LogP contribution in [0.5, 0.6) is 0 Å². The summed E-state index contributed by atoms with van der Waals surface area (Å²) in [6.45, 7) is 4.45. The number of ether oxygens (including phenoxy) is 1. The van der Waals surface area contributed by atoms with Crippen LogP contribution in [0.15, 0.2) is 9.52 Å². The van der Waals surface area contributed by atoms with Gasteiger partial charge in [0.2, 0.25) is 5.89 Å². The van der Waals surface area contributed by atoms with Gasteiger partial charge in [0.25, 0.3) is 0 Å². The van der Waals surface area contributed by atoms with Crippen molar-refractivity contribution in [2.45, 2.75) is 51.9 Å². The zero-order chi connectivity index (χ0) is 17.3. The summed E-state index contributed by atoms with van der Waals surface area (Å²) in [6, 6.07) is 0. The molecule has 1 fully saturated rings. The second kappa shape index (κ2) is 11.7. The van der Waals surface area contributed by atoms with E-state index in [4.69, 9.17) is 9.26 Å². The smallest absolute Gasteiger partial charge is 0.226 e. The minimum Gasteiger partial charge on any atom is -0.385 e. The molecule has 0 spiro atoms. The Morgan fingerprint density at radius 1 is 1.32 bits per heavy atom. The van der Waals surface area contributed by atoms with E-state index in [1.165, 1.54) is 25.7 Å². The number of halogens is 1. The molecule has 144 valence electrons. The van der Waals surface area contributed by atoms with Gasteiger partial charge in [-0.15, -0.1) is 24.0 Å². The Balaban J connectivity index is 0.00000312. The van der Waals surface area contributed by atoms with Gasteiger partial charge >= 0.3 is 0 Å². The number of hydrogen-bond acceptors (Lipinski definition) is 5. The number of guanidine groups is 1. The Labute approximate surface area is 167 Å². The van der Waals surface area contributed by atoms with Gasteiger partial charge in [-0.2, -0.15) is 4.98 Å². The number of nitrogens with zero attached hydrogens (tertiary/aromatic N) is 3. The van der Waals surface area contributed by atoms with Crippen LogP contribution in [0, 0.1) is 12.3 Å². The SMILES string of the molecule is CN=C(NCCCc1nc(C)no1)NCC1(CCOC)CCCC1.I. The third kappa shape index (κ3) is 7.47. The molecule has 0 amide bonds. The number of aliphatic imine (C=N–C) groups is 1. The van der Waals surface area contributed by atoms with Crippen molar-refractivity contribution in [3.05, 3.63) is 11.7 Å². The standard InChI is InChI=1S/C17H31N5O2.HI/c1-14-21-15(24-22-14)7-6-11-19-16(18-2)20-13-17(10-12-23-3)8-4-5-9-17;/h4-13H2,1-3H3,(H2,18,19,20);1H. The molecule has 0 aliphatic heterocycles. The number of nitrogens with one attached hydrogen (secondary N) is 2. The topological polar surface area (TPSA) is 84.6 Å². The van der Waals surface area contributed by atoms with E-state index in [0.29, 0.717) is 17.1 Å². The molecule has 25 heavy (non-hydrogen) atoms. The minimum absolute atomic E-state index is 0. The van der Waals surface area contributed by atoms with Crippen molar-refractivity contribution in [1.82, 2.24) is 20.8 Å². The van der Waals surface area contributed by atoms with Crippen molar-refractivity contribution >= 4 is 29.9 Å². The lowest BCUT2D eigenvalue weighted by Crippen LogP contribution is -2.43. The predicted octanol–water partition coefficient (Wildman–Crippen LogP) is 2.69. The zero-order valence-electron chi connectivity index (χ0n) is 15.6. The Kier molecular flexibility index (Phi) is 10.3. The first-order chi connectivity index (χ1) is 11.7. The van der Waals surface area contributed by atoms with Crippen molar-refractivity contribution in [3.63, 3.8) is 0 Å². The third-order valence-corrected chi connectivity index (χ3v) is 4.78. The lowest BCUT2D eigenvalue weighted by Gasteiger charge is -2.29. The molecule has 1 aromatic rings. The van der Waals surface area contributed by atoms with Gasteiger partial charge in [0, 0.05) is 40.3 Å². The van der Waals surface area contributed by atoms with E-state index in [1.54, 1.807) is 7.11 Å². The van der Waals surface area contributed by atoms with Crippen LogP contribution < -0.4 is 10.6 Å². The molecule has 0 unspecified atom stereocenters. The lowest BCUT2D eigenvalue weighted by atomic mass is 9.83. The monoisotopic (exact) mass is 465 g/mol. The molecule has 1 aromatic heterocycles. The molecule has 0 atom stereocenters. The van der Waals surface area contributed by atoms with Gasteiger partial charge in [0.05, 0.1) is 0 Å². The van der Waals surface area contributed by atoms with Crippen molar-refractivity contribution in [2.75, 3.05) is 33.9 Å². The fraction of sp³-hybridized carbons (Fsp3) is 0.824. The first kappa shape index (κ1) is 22.1. The van der Waals surface area contributed by atoms with Gasteiger partial charge in [-0.05, 0) is 38.0 Å². The molecule has 1 heterocycles. The highest BCUT2D eigenvalue weighted by Gasteiger charge is 2.33. The summed E-state index contributed by atoms with van der Waals surface area (Å²) < 4.78 is 10.4. The minimum atomic E-state index is 0. The molecule has 1 saturated carbocycles. The largest absolute Gasteiger partial charge is 0.385 e. The highest BCUT2D eigenvalue weighted by molar-refractivity contribution is 14.0. The summed E-state index contributed by atoms with van der Waals surface area (Å²) in [6.07, 6.45) is 8.01. The average molecular weight is 465 g/mol. The van der Waals surface area contributed by atoms with E-state index < -0.39 is 0 Å². The van der Waals surface area contributed by atoms with Crippen molar-refractivity contribution in [2.24, 2.45) is 10.4 Å². The van der Waals surface area contributed by atoms with Crippen LogP contribution in [0.4, 0.5) is 0 Å². The Morgan fingerprint density at radius 3 is 2.68 bits per heavy atom. The molecular formula is C17H32IN5O2. The molecule has 0 aromatic carbocycles. The lowest BCUT2D eigenvalue weighted by molar-refractivity contribution is 0.138. The second-order valence-electron chi connectivity index (χ2n) is 6.64. The number of aromatic nitrogens is 2. The molecule has 8 heteroatoms. The van der Waals surface area contributed by atoms with Crippen LogP contribution in [0.1, 0.15) is 50.2 Å². The van der Waals surface area contributed by atoms with Crippen LogP contribution in [0.2, 0.25) is 0 Å². The average Bonchev–Trinajstić information content (AvgIpc) is 3.22. The Morgan fingerprint density at radius 2 is 2.08 bits per heavy atom. The Hall–Kier alpha value is -0.900. The maximum Gasteiger partial charge on any atom is 0.226 e. The van der Waals surface area contributed by atoms with E-state index in [1.807, 2.05) is 14.0 Å². The van der Waals surface area contributed by atoms with Gasteiger partial charge in [0.15, 0.2) is 11.8 Å². The molecular weight excluding hydrogens is 433 g/mol. The zero-order valence-corrected chi connectivity index (χ0v) is 18.0. The summed E-state index contributed by atoms with van der Waals surface area (Å²) in [5, 5.41) is 10.7. The van der Waals surface area contributed by atoms with E-state index >= 15 is 0 Å². The van der Waals surface area contributed by atoms with Crippen molar-refractivity contribution in [1.29, 1.82) is 0 Å². The van der Waals surface area contributed by atoms with Crippen LogP contribution >= 0.6 is 24.0 Å². The van der Waals surface area contributed by atoms with E-state index in [2.05, 4.69) is 25.8 Å². The molecule has 0 radical (unpaired) electrons. The van der Waals surface area contributed by atoms with Gasteiger partial charge in [-0.25, -0.2) is 0 Å². The first-order valence-corrected chi connectivity index (χ1v) is 8.90. The van der Waals surface area contributed by atoms with Crippen molar-refractivity contribution < 1.29 is 9.26 Å². The van der Waals surface area contributed by atoms with Crippen LogP contribution in [-0.4, -0.2) is 50.0 Å². The number of methoxy groups -OCH3 is 1. The molecule has 0 saturated heterocycles. The highest BCUT2D eigenvalue weighted by atomic mass is 127. The maximum absolute atomic E-state index is 5.29. The van der Waals surface area contributed by atoms with Gasteiger partial charge in [-0.1, -0.05) is 18.0 Å². The van der Waals surface area contributed by atoms with Gasteiger partial charge in [-0.3, -0.25) is 4.99 Å². The molecule has 2 N–H and O–H groups in total. The molecule has 7 nitrogen and oxygen atoms in total. The fourth-order valence-electron chi connectivity index (χ4n) is 3.34. The number of hydrogen-bond donors (Lipinski definition) is 2. The second-order valence-corrected chi connectivity index (χ2v) is 6.64. The normalized spacial score (nSPS) is 16.5. The van der Waals surface area contributed by atoms with Gasteiger partial charge in [0.1, 0.15) is 0 Å². The van der Waals surface area contributed by atoms with Crippen LogP contribution in [0.25, 0.3) is 0 Å². The molecule has 1 aliphatic rings. The van der Waals surface area contributed by atoms with E-state index in [0.717, 1.165) is 44.9 Å².